The lowest BCUT2D eigenvalue weighted by Crippen LogP contribution is -2.24. The van der Waals surface area contributed by atoms with Crippen LogP contribution in [0.4, 0.5) is 0 Å². The number of carbonyl (C=O) groups is 1. The Labute approximate surface area is 184 Å². The molecule has 3 aromatic rings. The number of ether oxygens (including phenoxy) is 1. The number of aromatic nitrogens is 2. The van der Waals surface area contributed by atoms with E-state index >= 15 is 0 Å². The van der Waals surface area contributed by atoms with Gasteiger partial charge < -0.3 is 4.74 Å². The molecular weight excluding hydrogens is 438 g/mol. The summed E-state index contributed by atoms with van der Waals surface area (Å²) in [6, 6.07) is 7.06. The normalized spacial score (nSPS) is 13.8. The van der Waals surface area contributed by atoms with Crippen molar-refractivity contribution < 1.29 is 17.9 Å². The number of carbonyl (C=O) groups excluding carboxylic acids is 1. The second kappa shape index (κ2) is 8.89. The van der Waals surface area contributed by atoms with Crippen LogP contribution in [0.5, 0.6) is 0 Å². The number of hydrogen-bond acceptors (Lipinski definition) is 7. The van der Waals surface area contributed by atoms with E-state index in [4.69, 9.17) is 4.74 Å². The van der Waals surface area contributed by atoms with E-state index in [1.165, 1.54) is 46.5 Å². The summed E-state index contributed by atoms with van der Waals surface area (Å²) in [4.78, 5) is 31.4. The summed E-state index contributed by atoms with van der Waals surface area (Å²) in [5.41, 5.74) is 1.35. The zero-order valence-electron chi connectivity index (χ0n) is 17.1. The zero-order valence-corrected chi connectivity index (χ0v) is 18.7. The van der Waals surface area contributed by atoms with Crippen molar-refractivity contribution in [3.8, 4) is 0 Å². The Balaban J connectivity index is 1.51. The molecule has 2 heterocycles. The van der Waals surface area contributed by atoms with Gasteiger partial charge in [-0.1, -0.05) is 13.0 Å². The van der Waals surface area contributed by atoms with Crippen LogP contribution in [0.1, 0.15) is 52.8 Å². The first-order chi connectivity index (χ1) is 14.9. The minimum Gasteiger partial charge on any atom is -0.456 e. The monoisotopic (exact) mass is 461 g/mol. The van der Waals surface area contributed by atoms with Crippen LogP contribution >= 0.6 is 11.3 Å². The Hall–Kier alpha value is -2.56. The highest BCUT2D eigenvalue weighted by atomic mass is 32.2. The Morgan fingerprint density at radius 1 is 1.26 bits per heavy atom. The molecule has 1 aliphatic rings. The van der Waals surface area contributed by atoms with E-state index < -0.39 is 16.0 Å². The molecule has 1 aliphatic carbocycles. The molecule has 10 heteroatoms. The molecule has 31 heavy (non-hydrogen) atoms. The van der Waals surface area contributed by atoms with E-state index in [1.54, 1.807) is 4.40 Å². The molecule has 0 radical (unpaired) electrons. The van der Waals surface area contributed by atoms with Gasteiger partial charge in [0.1, 0.15) is 6.61 Å². The largest absolute Gasteiger partial charge is 0.456 e. The lowest BCUT2D eigenvalue weighted by atomic mass is 10.0. The number of fused-ring (bicyclic) bond motifs is 3. The molecule has 0 aliphatic heterocycles. The first-order valence-corrected chi connectivity index (χ1v) is 12.5. The third-order valence-corrected chi connectivity index (χ3v) is 7.69. The molecule has 0 amide bonds. The maximum atomic E-state index is 12.6. The predicted octanol–water partition coefficient (Wildman–Crippen LogP) is 2.68. The molecule has 0 unspecified atom stereocenters. The fraction of sp³-hybridized carbons (Fsp3) is 0.381. The number of sulfonamides is 1. The fourth-order valence-electron chi connectivity index (χ4n) is 3.55. The van der Waals surface area contributed by atoms with Gasteiger partial charge in [-0.2, -0.15) is 0 Å². The van der Waals surface area contributed by atoms with Crippen LogP contribution in [0.2, 0.25) is 0 Å². The van der Waals surface area contributed by atoms with Gasteiger partial charge in [-0.25, -0.2) is 22.9 Å². The summed E-state index contributed by atoms with van der Waals surface area (Å²) in [6.07, 6.45) is 4.66. The minimum absolute atomic E-state index is 0.00245. The van der Waals surface area contributed by atoms with Crippen LogP contribution < -0.4 is 10.3 Å². The molecule has 164 valence electrons. The lowest BCUT2D eigenvalue weighted by molar-refractivity contribution is 0.0467. The van der Waals surface area contributed by atoms with Crippen LogP contribution in [0, 0.1) is 0 Å². The average molecular weight is 462 g/mol. The summed E-state index contributed by atoms with van der Waals surface area (Å²) in [7, 11) is -3.69. The second-order valence-electron chi connectivity index (χ2n) is 7.38. The van der Waals surface area contributed by atoms with Crippen molar-refractivity contribution in [3.05, 3.63) is 62.5 Å². The van der Waals surface area contributed by atoms with Gasteiger partial charge in [-0.05, 0) is 50.3 Å². The Morgan fingerprint density at radius 3 is 2.87 bits per heavy atom. The van der Waals surface area contributed by atoms with E-state index in [-0.39, 0.29) is 22.6 Å². The molecule has 0 saturated carbocycles. The molecule has 4 rings (SSSR count). The van der Waals surface area contributed by atoms with E-state index in [9.17, 15) is 18.0 Å². The number of thiazole rings is 1. The van der Waals surface area contributed by atoms with Gasteiger partial charge in [0.25, 0.3) is 5.56 Å². The van der Waals surface area contributed by atoms with Crippen LogP contribution in [-0.2, 0) is 34.2 Å². The number of nitrogens with zero attached hydrogens (tertiary/aromatic N) is 2. The predicted molar refractivity (Wildman–Crippen MR) is 117 cm³/mol. The molecule has 8 nitrogen and oxygen atoms in total. The lowest BCUT2D eigenvalue weighted by Gasteiger charge is -2.10. The van der Waals surface area contributed by atoms with Gasteiger partial charge in [-0.3, -0.25) is 9.20 Å². The van der Waals surface area contributed by atoms with Crippen molar-refractivity contribution in [1.29, 1.82) is 0 Å². The third kappa shape index (κ3) is 4.56. The average Bonchev–Trinajstić information content (AvgIpc) is 3.15. The molecule has 0 fully saturated rings. The fourth-order valence-corrected chi connectivity index (χ4v) is 5.96. The topological polar surface area (TPSA) is 107 Å². The Bertz CT molecular complexity index is 1290. The highest BCUT2D eigenvalue weighted by Crippen LogP contribution is 2.28. The van der Waals surface area contributed by atoms with Crippen molar-refractivity contribution >= 4 is 32.3 Å². The van der Waals surface area contributed by atoms with Crippen LogP contribution in [0.15, 0.2) is 40.0 Å². The molecule has 0 atom stereocenters. The van der Waals surface area contributed by atoms with Crippen LogP contribution in [0.3, 0.4) is 0 Å². The van der Waals surface area contributed by atoms with Gasteiger partial charge in [0.15, 0.2) is 4.96 Å². The summed E-state index contributed by atoms with van der Waals surface area (Å²) in [6.45, 7) is 2.00. The number of hydrogen-bond donors (Lipinski definition) is 1. The van der Waals surface area contributed by atoms with Gasteiger partial charge in [-0.15, -0.1) is 11.3 Å². The quantitative estimate of drug-likeness (QED) is 0.542. The molecule has 2 aromatic heterocycles. The molecule has 0 spiro atoms. The Kier molecular flexibility index (Phi) is 6.22. The number of benzene rings is 1. The van der Waals surface area contributed by atoms with Crippen molar-refractivity contribution in [2.45, 2.75) is 50.5 Å². The maximum absolute atomic E-state index is 12.6. The molecule has 1 aromatic carbocycles. The Morgan fingerprint density at radius 2 is 2.06 bits per heavy atom. The maximum Gasteiger partial charge on any atom is 0.338 e. The standard InChI is InChI=1S/C21H23N3O5S2/c1-2-10-22-31(27,28)16-7-5-6-14(11-16)20(26)29-13-15-12-19(25)24-17-8-3-4-9-18(17)30-21(24)23-15/h5-7,11-12,22H,2-4,8-10,13H2,1H3. The van der Waals surface area contributed by atoms with Gasteiger partial charge >= 0.3 is 5.97 Å². The summed E-state index contributed by atoms with van der Waals surface area (Å²) >= 11 is 1.51. The first-order valence-electron chi connectivity index (χ1n) is 10.2. The highest BCUT2D eigenvalue weighted by molar-refractivity contribution is 7.89. The highest BCUT2D eigenvalue weighted by Gasteiger charge is 2.20. The van der Waals surface area contributed by atoms with Gasteiger partial charge in [0.2, 0.25) is 10.0 Å². The number of esters is 1. The van der Waals surface area contributed by atoms with Gasteiger partial charge in [0, 0.05) is 23.2 Å². The SMILES string of the molecule is CCCNS(=O)(=O)c1cccc(C(=O)OCc2cc(=O)n3c4c(sc3n2)CCCC4)c1. The summed E-state index contributed by atoms with van der Waals surface area (Å²) in [5.74, 6) is -0.681. The molecule has 1 N–H and O–H groups in total. The number of rotatable bonds is 7. The van der Waals surface area contributed by atoms with Crippen molar-refractivity contribution in [2.75, 3.05) is 6.54 Å². The van der Waals surface area contributed by atoms with Crippen molar-refractivity contribution in [3.63, 3.8) is 0 Å². The van der Waals surface area contributed by atoms with Crippen molar-refractivity contribution in [1.82, 2.24) is 14.1 Å². The second-order valence-corrected chi connectivity index (χ2v) is 10.2. The van der Waals surface area contributed by atoms with E-state index in [1.807, 2.05) is 6.92 Å². The van der Waals surface area contributed by atoms with E-state index in [0.29, 0.717) is 23.6 Å². The third-order valence-electron chi connectivity index (χ3n) is 5.09. The van der Waals surface area contributed by atoms with Crippen LogP contribution in [0.25, 0.3) is 4.96 Å². The van der Waals surface area contributed by atoms with E-state index in [2.05, 4.69) is 9.71 Å². The first kappa shape index (κ1) is 21.7. The minimum atomic E-state index is -3.69. The molecule has 0 saturated heterocycles. The smallest absolute Gasteiger partial charge is 0.338 e. The van der Waals surface area contributed by atoms with Crippen molar-refractivity contribution in [2.24, 2.45) is 0 Å². The summed E-state index contributed by atoms with van der Waals surface area (Å²) in [5, 5.41) is 0. The number of nitrogens with one attached hydrogen (secondary N) is 1. The molecule has 0 bridgehead atoms. The van der Waals surface area contributed by atoms with Gasteiger partial charge in [0.05, 0.1) is 16.2 Å². The molecular formula is C21H23N3O5S2. The number of aryl methyl sites for hydroxylation is 2. The van der Waals surface area contributed by atoms with Crippen LogP contribution in [-0.4, -0.2) is 30.3 Å². The van der Waals surface area contributed by atoms with E-state index in [0.717, 1.165) is 31.4 Å². The zero-order chi connectivity index (χ0) is 22.0. The summed E-state index contributed by atoms with van der Waals surface area (Å²) < 4.78 is 34.0.